The van der Waals surface area contributed by atoms with Crippen molar-refractivity contribution in [1.82, 2.24) is 9.88 Å². The van der Waals surface area contributed by atoms with Crippen molar-refractivity contribution in [2.24, 2.45) is 0 Å². The van der Waals surface area contributed by atoms with Crippen molar-refractivity contribution in [2.75, 3.05) is 55.8 Å². The molecule has 6 nitrogen and oxygen atoms in total. The molecule has 1 amide bonds. The van der Waals surface area contributed by atoms with Crippen LogP contribution in [0, 0.1) is 0 Å². The summed E-state index contributed by atoms with van der Waals surface area (Å²) in [6.45, 7) is 3.97. The topological polar surface area (TPSA) is 60.5 Å². The van der Waals surface area contributed by atoms with Gasteiger partial charge in [-0.05, 0) is 63.3 Å². The minimum Gasteiger partial charge on any atom is -0.384 e. The maximum atomic E-state index is 12.5. The summed E-state index contributed by atoms with van der Waals surface area (Å²) in [5.41, 5.74) is 3.30. The van der Waals surface area contributed by atoms with Gasteiger partial charge < -0.3 is 20.4 Å². The number of hydrogen-bond acceptors (Lipinski definition) is 5. The molecule has 1 aromatic heterocycles. The first kappa shape index (κ1) is 18.2. The van der Waals surface area contributed by atoms with E-state index in [-0.39, 0.29) is 5.91 Å². The van der Waals surface area contributed by atoms with E-state index >= 15 is 0 Å². The zero-order valence-electron chi connectivity index (χ0n) is 15.5. The van der Waals surface area contributed by atoms with Gasteiger partial charge in [-0.25, -0.2) is 0 Å². The predicted octanol–water partition coefficient (Wildman–Crippen LogP) is 2.91. The molecular formula is C20H27N5O. The number of rotatable bonds is 7. The summed E-state index contributed by atoms with van der Waals surface area (Å²) >= 11 is 0. The van der Waals surface area contributed by atoms with E-state index in [4.69, 9.17) is 0 Å². The third kappa shape index (κ3) is 4.95. The molecule has 0 atom stereocenters. The Balaban J connectivity index is 1.58. The number of carbonyl (C=O) groups excluding carboxylic acids is 1. The number of carbonyl (C=O) groups is 1. The lowest BCUT2D eigenvalue weighted by atomic mass is 10.2. The lowest BCUT2D eigenvalue weighted by Gasteiger charge is -2.17. The molecule has 1 fully saturated rings. The Morgan fingerprint density at radius 3 is 2.54 bits per heavy atom. The van der Waals surface area contributed by atoms with Crippen LogP contribution in [-0.2, 0) is 0 Å². The van der Waals surface area contributed by atoms with E-state index in [1.807, 2.05) is 32.3 Å². The van der Waals surface area contributed by atoms with Gasteiger partial charge in [0.2, 0.25) is 0 Å². The van der Waals surface area contributed by atoms with Gasteiger partial charge in [0, 0.05) is 49.4 Å². The molecule has 0 aliphatic carbocycles. The maximum absolute atomic E-state index is 12.5. The van der Waals surface area contributed by atoms with E-state index in [1.54, 1.807) is 12.3 Å². The largest absolute Gasteiger partial charge is 0.384 e. The Kier molecular flexibility index (Phi) is 6.07. The number of pyridine rings is 1. The molecule has 138 valence electrons. The molecule has 2 aromatic rings. The molecule has 0 unspecified atom stereocenters. The van der Waals surface area contributed by atoms with Crippen molar-refractivity contribution < 1.29 is 4.79 Å². The maximum Gasteiger partial charge on any atom is 0.274 e. The van der Waals surface area contributed by atoms with Gasteiger partial charge >= 0.3 is 0 Å². The number of nitrogens with one attached hydrogen (secondary N) is 2. The zero-order valence-corrected chi connectivity index (χ0v) is 15.5. The van der Waals surface area contributed by atoms with Gasteiger partial charge in [0.05, 0.1) is 0 Å². The van der Waals surface area contributed by atoms with Crippen molar-refractivity contribution in [1.29, 1.82) is 0 Å². The van der Waals surface area contributed by atoms with E-state index in [2.05, 4.69) is 37.6 Å². The number of hydrogen-bond donors (Lipinski definition) is 2. The molecule has 26 heavy (non-hydrogen) atoms. The molecule has 3 rings (SSSR count). The molecule has 1 aromatic carbocycles. The van der Waals surface area contributed by atoms with Crippen molar-refractivity contribution >= 4 is 23.0 Å². The van der Waals surface area contributed by atoms with E-state index in [0.29, 0.717) is 5.69 Å². The fourth-order valence-corrected chi connectivity index (χ4v) is 3.01. The Morgan fingerprint density at radius 2 is 1.85 bits per heavy atom. The highest BCUT2D eigenvalue weighted by molar-refractivity contribution is 6.03. The summed E-state index contributed by atoms with van der Waals surface area (Å²) in [6.07, 6.45) is 4.16. The summed E-state index contributed by atoms with van der Waals surface area (Å²) in [4.78, 5) is 21.1. The van der Waals surface area contributed by atoms with Gasteiger partial charge in [-0.1, -0.05) is 0 Å². The minimum atomic E-state index is -0.199. The Labute approximate surface area is 155 Å². The molecule has 0 saturated carbocycles. The van der Waals surface area contributed by atoms with Crippen LogP contribution in [0.1, 0.15) is 23.3 Å². The molecule has 1 aliphatic heterocycles. The molecular weight excluding hydrogens is 326 g/mol. The highest BCUT2D eigenvalue weighted by atomic mass is 16.1. The van der Waals surface area contributed by atoms with Gasteiger partial charge in [-0.2, -0.15) is 0 Å². The number of anilines is 3. The highest BCUT2D eigenvalue weighted by Gasteiger charge is 2.13. The monoisotopic (exact) mass is 353 g/mol. The van der Waals surface area contributed by atoms with Crippen LogP contribution in [0.25, 0.3) is 0 Å². The Bertz CT molecular complexity index is 723. The van der Waals surface area contributed by atoms with Crippen LogP contribution in [-0.4, -0.2) is 56.1 Å². The fourth-order valence-electron chi connectivity index (χ4n) is 3.01. The quantitative estimate of drug-likeness (QED) is 0.801. The third-order valence-corrected chi connectivity index (χ3v) is 4.48. The van der Waals surface area contributed by atoms with Crippen LogP contribution in [0.15, 0.2) is 42.6 Å². The molecule has 2 N–H and O–H groups in total. The smallest absolute Gasteiger partial charge is 0.274 e. The minimum absolute atomic E-state index is 0.199. The zero-order chi connectivity index (χ0) is 18.4. The summed E-state index contributed by atoms with van der Waals surface area (Å²) in [6, 6.07) is 11.7. The molecule has 0 spiro atoms. The lowest BCUT2D eigenvalue weighted by molar-refractivity contribution is 0.102. The van der Waals surface area contributed by atoms with Gasteiger partial charge in [-0.3, -0.25) is 9.78 Å². The van der Waals surface area contributed by atoms with E-state index in [1.165, 1.54) is 18.5 Å². The van der Waals surface area contributed by atoms with Crippen LogP contribution in [0.3, 0.4) is 0 Å². The van der Waals surface area contributed by atoms with Crippen molar-refractivity contribution in [2.45, 2.75) is 12.8 Å². The molecule has 6 heteroatoms. The summed E-state index contributed by atoms with van der Waals surface area (Å²) < 4.78 is 0. The first-order valence-corrected chi connectivity index (χ1v) is 9.13. The second-order valence-corrected chi connectivity index (χ2v) is 6.85. The number of amides is 1. The Morgan fingerprint density at radius 1 is 1.12 bits per heavy atom. The third-order valence-electron chi connectivity index (χ3n) is 4.48. The summed E-state index contributed by atoms with van der Waals surface area (Å²) in [5, 5.41) is 6.23. The lowest BCUT2D eigenvalue weighted by Crippen LogP contribution is -2.21. The van der Waals surface area contributed by atoms with Gasteiger partial charge in [0.25, 0.3) is 5.91 Å². The fraction of sp³-hybridized carbons (Fsp3) is 0.400. The molecule has 2 heterocycles. The van der Waals surface area contributed by atoms with Gasteiger partial charge in [0.15, 0.2) is 0 Å². The van der Waals surface area contributed by atoms with Crippen LogP contribution < -0.4 is 15.5 Å². The number of aromatic nitrogens is 1. The van der Waals surface area contributed by atoms with E-state index in [9.17, 15) is 4.79 Å². The molecule has 0 bridgehead atoms. The SMILES string of the molecule is CN(C)CCNc1ccnc(C(=O)Nc2ccc(N3CCCC3)cc2)c1. The second-order valence-electron chi connectivity index (χ2n) is 6.85. The van der Waals surface area contributed by atoms with Crippen LogP contribution in [0.2, 0.25) is 0 Å². The average Bonchev–Trinajstić information content (AvgIpc) is 3.17. The van der Waals surface area contributed by atoms with Crippen LogP contribution in [0.4, 0.5) is 17.1 Å². The number of likely N-dealkylation sites (N-methyl/N-ethyl adjacent to an activating group) is 1. The van der Waals surface area contributed by atoms with Crippen LogP contribution >= 0.6 is 0 Å². The summed E-state index contributed by atoms with van der Waals surface area (Å²) in [7, 11) is 4.06. The predicted molar refractivity (Wildman–Crippen MR) is 107 cm³/mol. The van der Waals surface area contributed by atoms with Crippen molar-refractivity contribution in [3.05, 3.63) is 48.3 Å². The van der Waals surface area contributed by atoms with Crippen molar-refractivity contribution in [3.63, 3.8) is 0 Å². The highest BCUT2D eigenvalue weighted by Crippen LogP contribution is 2.22. The summed E-state index contributed by atoms with van der Waals surface area (Å²) in [5.74, 6) is -0.199. The number of benzene rings is 1. The van der Waals surface area contributed by atoms with E-state index in [0.717, 1.165) is 37.6 Å². The second kappa shape index (κ2) is 8.67. The van der Waals surface area contributed by atoms with Gasteiger partial charge in [-0.15, -0.1) is 0 Å². The first-order chi connectivity index (χ1) is 12.6. The first-order valence-electron chi connectivity index (χ1n) is 9.13. The Hall–Kier alpha value is -2.60. The molecule has 0 radical (unpaired) electrons. The van der Waals surface area contributed by atoms with Crippen molar-refractivity contribution in [3.8, 4) is 0 Å². The van der Waals surface area contributed by atoms with Crippen LogP contribution in [0.5, 0.6) is 0 Å². The van der Waals surface area contributed by atoms with E-state index < -0.39 is 0 Å². The average molecular weight is 353 g/mol. The molecule has 1 saturated heterocycles. The molecule has 1 aliphatic rings. The van der Waals surface area contributed by atoms with Gasteiger partial charge in [0.1, 0.15) is 5.69 Å². The number of nitrogens with zero attached hydrogens (tertiary/aromatic N) is 3. The standard InChI is InChI=1S/C20H27N5O/c1-24(2)14-11-21-17-9-10-22-19(15-17)20(26)23-16-5-7-18(8-6-16)25-12-3-4-13-25/h5-10,15H,3-4,11-14H2,1-2H3,(H,21,22)(H,23,26). The normalized spacial score (nSPS) is 13.9.